The summed E-state index contributed by atoms with van der Waals surface area (Å²) in [5.41, 5.74) is 11.9. The number of hydrogen-bond donors (Lipinski definition) is 1. The summed E-state index contributed by atoms with van der Waals surface area (Å²) >= 11 is 0. The van der Waals surface area contributed by atoms with Crippen LogP contribution in [0.2, 0.25) is 0 Å². The summed E-state index contributed by atoms with van der Waals surface area (Å²) in [4.78, 5) is 13.9. The molecular weight excluding hydrogens is 284 g/mol. The van der Waals surface area contributed by atoms with Gasteiger partial charge in [-0.1, -0.05) is 30.3 Å². The number of benzene rings is 1. The molecule has 0 radical (unpaired) electrons. The van der Waals surface area contributed by atoms with E-state index < -0.39 is 5.09 Å². The average molecular weight is 302 g/mol. The zero-order valence-electron chi connectivity index (χ0n) is 12.3. The zero-order chi connectivity index (χ0) is 16.4. The van der Waals surface area contributed by atoms with Crippen molar-refractivity contribution < 1.29 is 15.1 Å². The molecular formula is C15H18N4O3. The highest BCUT2D eigenvalue weighted by molar-refractivity contribution is 5.92. The number of hydrogen-bond acceptors (Lipinski definition) is 3. The minimum Gasteiger partial charge on any atom is -0.368 e. The molecule has 0 saturated carbocycles. The van der Waals surface area contributed by atoms with Crippen LogP contribution in [0.15, 0.2) is 54.3 Å². The Morgan fingerprint density at radius 3 is 2.45 bits per heavy atom. The zero-order valence-corrected chi connectivity index (χ0v) is 12.3. The van der Waals surface area contributed by atoms with E-state index in [0.29, 0.717) is 12.1 Å². The first-order chi connectivity index (χ1) is 10.6. The van der Waals surface area contributed by atoms with Gasteiger partial charge in [0.15, 0.2) is 0 Å². The molecule has 1 aliphatic rings. The van der Waals surface area contributed by atoms with Crippen molar-refractivity contribution in [3.63, 3.8) is 0 Å². The minimum atomic E-state index is -1.50. The van der Waals surface area contributed by atoms with E-state index in [1.54, 1.807) is 0 Å². The van der Waals surface area contributed by atoms with E-state index in [1.807, 2.05) is 18.2 Å². The van der Waals surface area contributed by atoms with Crippen LogP contribution in [-0.4, -0.2) is 32.2 Å². The topological polar surface area (TPSA) is 103 Å². The number of rotatable bonds is 4. The van der Waals surface area contributed by atoms with Crippen LogP contribution in [0.4, 0.5) is 0 Å². The van der Waals surface area contributed by atoms with Gasteiger partial charge in [-0.2, -0.15) is 4.79 Å². The van der Waals surface area contributed by atoms with Crippen molar-refractivity contribution in [1.29, 1.82) is 0 Å². The van der Waals surface area contributed by atoms with Gasteiger partial charge >= 0.3 is 0 Å². The summed E-state index contributed by atoms with van der Waals surface area (Å²) in [7, 11) is 0. The largest absolute Gasteiger partial charge is 0.368 e. The van der Waals surface area contributed by atoms with E-state index in [-0.39, 0.29) is 0 Å². The molecule has 1 aromatic carbocycles. The molecule has 0 amide bonds. The maximum atomic E-state index is 8.70. The molecule has 116 valence electrons. The minimum absolute atomic E-state index is 0.688. The molecule has 1 aromatic rings. The highest BCUT2D eigenvalue weighted by atomic mass is 16.9. The molecule has 1 N–H and O–H groups in total. The Labute approximate surface area is 128 Å². The summed E-state index contributed by atoms with van der Waals surface area (Å²) in [6.45, 7) is 4.00. The summed E-state index contributed by atoms with van der Waals surface area (Å²) in [6, 6.07) is 10.4. The van der Waals surface area contributed by atoms with Crippen LogP contribution < -0.4 is 0 Å². The van der Waals surface area contributed by atoms with Crippen molar-refractivity contribution in [3.8, 4) is 0 Å². The van der Waals surface area contributed by atoms with Crippen LogP contribution in [-0.2, 0) is 6.54 Å². The Morgan fingerprint density at radius 1 is 1.36 bits per heavy atom. The second-order valence-electron chi connectivity index (χ2n) is 4.50. The third-order valence-corrected chi connectivity index (χ3v) is 3.06. The van der Waals surface area contributed by atoms with Gasteiger partial charge in [-0.25, -0.2) is 0 Å². The SMILES string of the molecule is CCN(Cc1ccccc1)C1=CCC(=[N+]=[N-])C=C1.O=[N+]([O-])O. The molecule has 0 heterocycles. The van der Waals surface area contributed by atoms with Gasteiger partial charge in [-0.15, -0.1) is 10.1 Å². The molecule has 0 unspecified atom stereocenters. The molecule has 0 aliphatic heterocycles. The van der Waals surface area contributed by atoms with Crippen LogP contribution >= 0.6 is 0 Å². The smallest absolute Gasteiger partial charge is 0.295 e. The number of likely N-dealkylation sites (N-methyl/N-ethyl adjacent to an activating group) is 1. The van der Waals surface area contributed by atoms with E-state index in [4.69, 9.17) is 20.9 Å². The molecule has 7 nitrogen and oxygen atoms in total. The first-order valence-electron chi connectivity index (χ1n) is 6.78. The van der Waals surface area contributed by atoms with E-state index in [0.717, 1.165) is 13.1 Å². The van der Waals surface area contributed by atoms with Crippen molar-refractivity contribution in [2.24, 2.45) is 0 Å². The van der Waals surface area contributed by atoms with Gasteiger partial charge in [0.1, 0.15) is 0 Å². The normalized spacial score (nSPS) is 12.6. The van der Waals surface area contributed by atoms with Gasteiger partial charge < -0.3 is 15.6 Å². The van der Waals surface area contributed by atoms with Gasteiger partial charge in [0, 0.05) is 24.9 Å². The van der Waals surface area contributed by atoms with E-state index in [2.05, 4.69) is 47.0 Å². The monoisotopic (exact) mass is 302 g/mol. The number of nitrogens with zero attached hydrogens (tertiary/aromatic N) is 4. The van der Waals surface area contributed by atoms with E-state index in [9.17, 15) is 0 Å². The second-order valence-corrected chi connectivity index (χ2v) is 4.50. The fourth-order valence-corrected chi connectivity index (χ4v) is 2.02. The first kappa shape index (κ1) is 17.1. The van der Waals surface area contributed by atoms with E-state index >= 15 is 0 Å². The summed E-state index contributed by atoms with van der Waals surface area (Å²) < 4.78 is 0. The lowest BCUT2D eigenvalue weighted by Crippen LogP contribution is -2.22. The van der Waals surface area contributed by atoms with E-state index in [1.165, 1.54) is 11.3 Å². The van der Waals surface area contributed by atoms with Crippen molar-refractivity contribution in [1.82, 2.24) is 4.90 Å². The molecule has 1 aliphatic carbocycles. The molecule has 7 heteroatoms. The van der Waals surface area contributed by atoms with Gasteiger partial charge in [0.05, 0.1) is 6.42 Å². The molecule has 0 fully saturated rings. The summed E-state index contributed by atoms with van der Waals surface area (Å²) in [5.74, 6) is 0. The molecule has 0 aromatic heterocycles. The lowest BCUT2D eigenvalue weighted by Gasteiger charge is -2.25. The molecule has 0 spiro atoms. The maximum absolute atomic E-state index is 8.70. The first-order valence-corrected chi connectivity index (χ1v) is 6.78. The maximum Gasteiger partial charge on any atom is 0.295 e. The summed E-state index contributed by atoms with van der Waals surface area (Å²) in [5, 5.41) is 13.6. The van der Waals surface area contributed by atoms with Crippen molar-refractivity contribution >= 4 is 5.71 Å². The lowest BCUT2D eigenvalue weighted by atomic mass is 10.1. The molecule has 22 heavy (non-hydrogen) atoms. The predicted molar refractivity (Wildman–Crippen MR) is 81.8 cm³/mol. The van der Waals surface area contributed by atoms with Crippen LogP contribution in [0.3, 0.4) is 0 Å². The Hall–Kier alpha value is -2.92. The molecule has 0 bridgehead atoms. The van der Waals surface area contributed by atoms with Crippen LogP contribution in [0.5, 0.6) is 0 Å². The number of allylic oxidation sites excluding steroid dienone is 3. The van der Waals surface area contributed by atoms with Crippen molar-refractivity contribution in [2.45, 2.75) is 19.9 Å². The Balaban J connectivity index is 0.000000541. The van der Waals surface area contributed by atoms with Gasteiger partial charge in [-0.05, 0) is 24.6 Å². The van der Waals surface area contributed by atoms with Crippen LogP contribution in [0, 0.1) is 10.1 Å². The summed E-state index contributed by atoms with van der Waals surface area (Å²) in [6.07, 6.45) is 6.66. The molecule has 2 rings (SSSR count). The quantitative estimate of drug-likeness (QED) is 0.399. The Bertz CT molecular complexity index is 600. The van der Waals surface area contributed by atoms with Crippen molar-refractivity contribution in [2.75, 3.05) is 6.54 Å². The van der Waals surface area contributed by atoms with Gasteiger partial charge in [0.25, 0.3) is 10.8 Å². The predicted octanol–water partition coefficient (Wildman–Crippen LogP) is 2.68. The fraction of sp³-hybridized carbons (Fsp3) is 0.267. The van der Waals surface area contributed by atoms with Crippen LogP contribution in [0.1, 0.15) is 18.9 Å². The van der Waals surface area contributed by atoms with Crippen LogP contribution in [0.25, 0.3) is 5.53 Å². The Kier molecular flexibility index (Phi) is 7.08. The fourth-order valence-electron chi connectivity index (χ4n) is 2.02. The third kappa shape index (κ3) is 6.02. The molecule has 0 atom stereocenters. The standard InChI is InChI=1S/C15H17N3.HNO3/c1-2-18(12-13-6-4-3-5-7-13)15-10-8-14(17-16)9-11-15;2-1(3)4/h3-8,10-11H,2,9,12H2,1H3;(H,2,3,4). The average Bonchev–Trinajstić information content (AvgIpc) is 2.53. The second kappa shape index (κ2) is 9.10. The Morgan fingerprint density at radius 2 is 2.00 bits per heavy atom. The third-order valence-electron chi connectivity index (χ3n) is 3.06. The van der Waals surface area contributed by atoms with Crippen molar-refractivity contribution in [3.05, 3.63) is 75.5 Å². The molecule has 0 saturated heterocycles. The lowest BCUT2D eigenvalue weighted by molar-refractivity contribution is -0.742. The van der Waals surface area contributed by atoms with Gasteiger partial charge in [0.2, 0.25) is 0 Å². The highest BCUT2D eigenvalue weighted by Crippen LogP contribution is 2.15. The van der Waals surface area contributed by atoms with Gasteiger partial charge in [-0.3, -0.25) is 0 Å². The highest BCUT2D eigenvalue weighted by Gasteiger charge is 2.12.